The summed E-state index contributed by atoms with van der Waals surface area (Å²) in [5.41, 5.74) is 1.65. The highest BCUT2D eigenvalue weighted by molar-refractivity contribution is 5.93. The average molecular weight is 352 g/mol. The van der Waals surface area contributed by atoms with Gasteiger partial charge in [0, 0.05) is 17.9 Å². The van der Waals surface area contributed by atoms with Gasteiger partial charge in [0.2, 0.25) is 11.8 Å². The van der Waals surface area contributed by atoms with Crippen LogP contribution in [0.3, 0.4) is 0 Å². The first kappa shape index (κ1) is 18.1. The molecule has 1 unspecified atom stereocenters. The van der Waals surface area contributed by atoms with Gasteiger partial charge in [-0.1, -0.05) is 24.3 Å². The summed E-state index contributed by atoms with van der Waals surface area (Å²) in [5, 5.41) is 5.78. The first-order valence-corrected chi connectivity index (χ1v) is 8.92. The molecule has 3 rings (SSSR count). The number of nitrogens with zero attached hydrogens (tertiary/aromatic N) is 2. The zero-order valence-corrected chi connectivity index (χ0v) is 14.9. The van der Waals surface area contributed by atoms with E-state index >= 15 is 0 Å². The molecule has 6 heteroatoms. The van der Waals surface area contributed by atoms with Gasteiger partial charge >= 0.3 is 0 Å². The number of carbonyl (C=O) groups is 2. The van der Waals surface area contributed by atoms with Crippen molar-refractivity contribution in [2.45, 2.75) is 19.8 Å². The Labute approximate surface area is 153 Å². The lowest BCUT2D eigenvalue weighted by Crippen LogP contribution is -2.44. The fourth-order valence-electron chi connectivity index (χ4n) is 3.18. The number of piperidine rings is 1. The molecule has 6 nitrogen and oxygen atoms in total. The molecule has 0 saturated carbocycles. The molecule has 1 aliphatic rings. The molecule has 1 saturated heterocycles. The number of pyridine rings is 1. The van der Waals surface area contributed by atoms with Crippen LogP contribution < -0.4 is 10.6 Å². The smallest absolute Gasteiger partial charge is 0.238 e. The molecule has 2 heterocycles. The molecule has 0 bridgehead atoms. The predicted octanol–water partition coefficient (Wildman–Crippen LogP) is 2.68. The zero-order valence-electron chi connectivity index (χ0n) is 14.9. The number of aromatic nitrogens is 1. The Morgan fingerprint density at radius 3 is 2.69 bits per heavy atom. The standard InChI is InChI=1S/C20H24N4O2/c1-15-7-5-11-18(21-15)23-20(26)16-8-6-12-24(13-16)14-19(25)22-17-9-3-2-4-10-17/h2-5,7,9-11,16H,6,8,12-14H2,1H3,(H,22,25)(H,21,23,26). The van der Waals surface area contributed by atoms with E-state index < -0.39 is 0 Å². The van der Waals surface area contributed by atoms with Crippen LogP contribution in [0, 0.1) is 12.8 Å². The third-order valence-electron chi connectivity index (χ3n) is 4.44. The van der Waals surface area contributed by atoms with Crippen molar-refractivity contribution < 1.29 is 9.59 Å². The van der Waals surface area contributed by atoms with Crippen LogP contribution in [0.5, 0.6) is 0 Å². The Morgan fingerprint density at radius 2 is 1.92 bits per heavy atom. The molecule has 0 aliphatic carbocycles. The molecule has 1 aliphatic heterocycles. The number of para-hydroxylation sites is 1. The second-order valence-corrected chi connectivity index (χ2v) is 6.64. The van der Waals surface area contributed by atoms with Gasteiger partial charge in [-0.2, -0.15) is 0 Å². The van der Waals surface area contributed by atoms with Crippen molar-refractivity contribution in [3.8, 4) is 0 Å². The Bertz CT molecular complexity index is 763. The molecule has 1 aromatic heterocycles. The summed E-state index contributed by atoms with van der Waals surface area (Å²) in [6, 6.07) is 15.0. The lowest BCUT2D eigenvalue weighted by Gasteiger charge is -2.31. The summed E-state index contributed by atoms with van der Waals surface area (Å²) in [5.74, 6) is 0.360. The van der Waals surface area contributed by atoms with Gasteiger partial charge in [-0.05, 0) is 50.6 Å². The summed E-state index contributed by atoms with van der Waals surface area (Å²) in [6.07, 6.45) is 1.73. The van der Waals surface area contributed by atoms with Crippen molar-refractivity contribution in [1.82, 2.24) is 9.88 Å². The van der Waals surface area contributed by atoms with Crippen LogP contribution in [0.15, 0.2) is 48.5 Å². The molecule has 2 aromatic rings. The lowest BCUT2D eigenvalue weighted by molar-refractivity contribution is -0.123. The second-order valence-electron chi connectivity index (χ2n) is 6.64. The molecule has 1 atom stereocenters. The fourth-order valence-corrected chi connectivity index (χ4v) is 3.18. The monoisotopic (exact) mass is 352 g/mol. The predicted molar refractivity (Wildman–Crippen MR) is 102 cm³/mol. The molecule has 2 N–H and O–H groups in total. The topological polar surface area (TPSA) is 74.3 Å². The zero-order chi connectivity index (χ0) is 18.4. The van der Waals surface area contributed by atoms with Gasteiger partial charge in [0.05, 0.1) is 12.5 Å². The molecule has 1 aromatic carbocycles. The van der Waals surface area contributed by atoms with Crippen LogP contribution in [-0.2, 0) is 9.59 Å². The van der Waals surface area contributed by atoms with Gasteiger partial charge in [-0.15, -0.1) is 0 Å². The number of likely N-dealkylation sites (tertiary alicyclic amines) is 1. The summed E-state index contributed by atoms with van der Waals surface area (Å²) in [4.78, 5) is 31.1. The molecular weight excluding hydrogens is 328 g/mol. The molecular formula is C20H24N4O2. The normalized spacial score (nSPS) is 17.5. The maximum atomic E-state index is 12.5. The van der Waals surface area contributed by atoms with Crippen molar-refractivity contribution in [3.63, 3.8) is 0 Å². The quantitative estimate of drug-likeness (QED) is 0.868. The van der Waals surface area contributed by atoms with E-state index in [-0.39, 0.29) is 17.7 Å². The first-order chi connectivity index (χ1) is 12.6. The van der Waals surface area contributed by atoms with Crippen molar-refractivity contribution in [2.75, 3.05) is 30.3 Å². The second kappa shape index (κ2) is 8.58. The fraction of sp³-hybridized carbons (Fsp3) is 0.350. The average Bonchev–Trinajstić information content (AvgIpc) is 2.62. The number of nitrogens with one attached hydrogen (secondary N) is 2. The number of carbonyl (C=O) groups excluding carboxylic acids is 2. The van der Waals surface area contributed by atoms with Gasteiger partial charge in [0.1, 0.15) is 5.82 Å². The minimum Gasteiger partial charge on any atom is -0.325 e. The van der Waals surface area contributed by atoms with Gasteiger partial charge in [-0.3, -0.25) is 14.5 Å². The molecule has 136 valence electrons. The van der Waals surface area contributed by atoms with Gasteiger partial charge in [0.25, 0.3) is 0 Å². The molecule has 2 amide bonds. The van der Waals surface area contributed by atoms with Gasteiger partial charge in [0.15, 0.2) is 0 Å². The van der Waals surface area contributed by atoms with E-state index in [9.17, 15) is 9.59 Å². The molecule has 26 heavy (non-hydrogen) atoms. The van der Waals surface area contributed by atoms with E-state index in [0.29, 0.717) is 18.9 Å². The van der Waals surface area contributed by atoms with Crippen LogP contribution in [0.1, 0.15) is 18.5 Å². The third kappa shape index (κ3) is 5.13. The Balaban J connectivity index is 1.52. The van der Waals surface area contributed by atoms with Crippen molar-refractivity contribution in [2.24, 2.45) is 5.92 Å². The Hall–Kier alpha value is -2.73. The highest BCUT2D eigenvalue weighted by Crippen LogP contribution is 2.18. The Kier molecular flexibility index (Phi) is 5.96. The first-order valence-electron chi connectivity index (χ1n) is 8.92. The number of hydrogen-bond acceptors (Lipinski definition) is 4. The maximum Gasteiger partial charge on any atom is 0.238 e. The van der Waals surface area contributed by atoms with Gasteiger partial charge in [-0.25, -0.2) is 4.98 Å². The molecule has 1 fully saturated rings. The van der Waals surface area contributed by atoms with E-state index in [1.54, 1.807) is 6.07 Å². The van der Waals surface area contributed by atoms with Crippen molar-refractivity contribution in [1.29, 1.82) is 0 Å². The number of aryl methyl sites for hydroxylation is 1. The number of amides is 2. The van der Waals surface area contributed by atoms with Crippen LogP contribution in [0.25, 0.3) is 0 Å². The minimum absolute atomic E-state index is 0.0312. The third-order valence-corrected chi connectivity index (χ3v) is 4.44. The molecule has 0 radical (unpaired) electrons. The van der Waals surface area contributed by atoms with Crippen LogP contribution in [-0.4, -0.2) is 41.3 Å². The van der Waals surface area contributed by atoms with E-state index in [1.165, 1.54) is 0 Å². The number of hydrogen-bond donors (Lipinski definition) is 2. The van der Waals surface area contributed by atoms with Crippen molar-refractivity contribution in [3.05, 3.63) is 54.2 Å². The lowest BCUT2D eigenvalue weighted by atomic mass is 9.97. The highest BCUT2D eigenvalue weighted by atomic mass is 16.2. The Morgan fingerprint density at radius 1 is 1.12 bits per heavy atom. The number of benzene rings is 1. The minimum atomic E-state index is -0.129. The van der Waals surface area contributed by atoms with Crippen LogP contribution >= 0.6 is 0 Å². The summed E-state index contributed by atoms with van der Waals surface area (Å²) in [7, 11) is 0. The number of rotatable bonds is 5. The molecule has 0 spiro atoms. The number of anilines is 2. The van der Waals surface area contributed by atoms with E-state index in [4.69, 9.17) is 0 Å². The summed E-state index contributed by atoms with van der Waals surface area (Å²) < 4.78 is 0. The van der Waals surface area contributed by atoms with E-state index in [2.05, 4.69) is 15.6 Å². The van der Waals surface area contributed by atoms with E-state index in [1.807, 2.05) is 54.3 Å². The largest absolute Gasteiger partial charge is 0.325 e. The summed E-state index contributed by atoms with van der Waals surface area (Å²) in [6.45, 7) is 3.60. The highest BCUT2D eigenvalue weighted by Gasteiger charge is 2.27. The maximum absolute atomic E-state index is 12.5. The van der Waals surface area contributed by atoms with E-state index in [0.717, 1.165) is 30.8 Å². The SMILES string of the molecule is Cc1cccc(NC(=O)C2CCCN(CC(=O)Nc3ccccc3)C2)n1. The summed E-state index contributed by atoms with van der Waals surface area (Å²) >= 11 is 0. The van der Waals surface area contributed by atoms with Crippen LogP contribution in [0.4, 0.5) is 11.5 Å². The van der Waals surface area contributed by atoms with Gasteiger partial charge < -0.3 is 10.6 Å². The van der Waals surface area contributed by atoms with Crippen molar-refractivity contribution >= 4 is 23.3 Å². The van der Waals surface area contributed by atoms with Crippen LogP contribution in [0.2, 0.25) is 0 Å².